The van der Waals surface area contributed by atoms with E-state index >= 15 is 0 Å². The van der Waals surface area contributed by atoms with Gasteiger partial charge in [-0.3, -0.25) is 9.59 Å². The topological polar surface area (TPSA) is 75.2 Å². The number of likely N-dealkylation sites (tertiary alicyclic amines) is 1. The monoisotopic (exact) mass is 376 g/mol. The zero-order valence-electron chi connectivity index (χ0n) is 14.0. The van der Waals surface area contributed by atoms with Crippen LogP contribution in [0.3, 0.4) is 0 Å². The summed E-state index contributed by atoms with van der Waals surface area (Å²) in [6, 6.07) is 7.60. The largest absolute Gasteiger partial charge is 0.342 e. The van der Waals surface area contributed by atoms with E-state index in [0.29, 0.717) is 16.5 Å². The molecule has 1 aliphatic rings. The molecule has 6 nitrogen and oxygen atoms in total. The lowest BCUT2D eigenvalue weighted by molar-refractivity contribution is -0.127. The smallest absolute Gasteiger partial charge is 0.286 e. The second-order valence-electron chi connectivity index (χ2n) is 5.85. The first-order valence-corrected chi connectivity index (χ1v) is 10.2. The predicted molar refractivity (Wildman–Crippen MR) is 101 cm³/mol. The lowest BCUT2D eigenvalue weighted by Gasteiger charge is -2.14. The molecule has 8 heteroatoms. The van der Waals surface area contributed by atoms with Gasteiger partial charge in [0.25, 0.3) is 5.91 Å². The Hall–Kier alpha value is -1.93. The van der Waals surface area contributed by atoms with Crippen molar-refractivity contribution in [2.45, 2.75) is 25.5 Å². The summed E-state index contributed by atoms with van der Waals surface area (Å²) < 4.78 is 0. The van der Waals surface area contributed by atoms with Crippen LogP contribution in [-0.4, -0.2) is 45.8 Å². The van der Waals surface area contributed by atoms with Crippen molar-refractivity contribution in [2.24, 2.45) is 0 Å². The van der Waals surface area contributed by atoms with Crippen LogP contribution in [0, 0.1) is 6.92 Å². The lowest BCUT2D eigenvalue weighted by atomic mass is 10.2. The fourth-order valence-electron chi connectivity index (χ4n) is 2.58. The number of nitrogens with one attached hydrogen (secondary N) is 1. The van der Waals surface area contributed by atoms with Crippen LogP contribution in [-0.2, 0) is 10.5 Å². The molecular formula is C17H20N4O2S2. The number of amides is 2. The SMILES string of the molecule is Cc1ccccc1NC(=O)c1nnc(CSCC(=O)N2CCCC2)s1. The highest BCUT2D eigenvalue weighted by atomic mass is 32.2. The molecule has 0 radical (unpaired) electrons. The first kappa shape index (κ1) is 17.9. The Bertz CT molecular complexity index is 757. The van der Waals surface area contributed by atoms with Crippen LogP contribution >= 0.6 is 23.1 Å². The minimum atomic E-state index is -0.254. The maximum absolute atomic E-state index is 12.3. The van der Waals surface area contributed by atoms with Gasteiger partial charge in [-0.25, -0.2) is 0 Å². The minimum absolute atomic E-state index is 0.185. The second-order valence-corrected chi connectivity index (χ2v) is 7.90. The molecule has 0 spiro atoms. The molecule has 2 heterocycles. The second kappa shape index (κ2) is 8.44. The van der Waals surface area contributed by atoms with Gasteiger partial charge in [0.05, 0.1) is 5.75 Å². The van der Waals surface area contributed by atoms with E-state index in [2.05, 4.69) is 15.5 Å². The number of anilines is 1. The van der Waals surface area contributed by atoms with Gasteiger partial charge in [0.2, 0.25) is 10.9 Å². The molecule has 1 aliphatic heterocycles. The van der Waals surface area contributed by atoms with Crippen LogP contribution in [0.4, 0.5) is 5.69 Å². The Balaban J connectivity index is 1.49. The van der Waals surface area contributed by atoms with E-state index in [4.69, 9.17) is 0 Å². The molecule has 2 aromatic rings. The molecule has 1 saturated heterocycles. The third-order valence-corrected chi connectivity index (χ3v) is 6.00. The van der Waals surface area contributed by atoms with E-state index in [0.717, 1.165) is 42.2 Å². The maximum atomic E-state index is 12.3. The highest BCUT2D eigenvalue weighted by molar-refractivity contribution is 7.99. The third kappa shape index (κ3) is 4.79. The number of thioether (sulfide) groups is 1. The van der Waals surface area contributed by atoms with Gasteiger partial charge in [-0.1, -0.05) is 29.5 Å². The minimum Gasteiger partial charge on any atom is -0.342 e. The Morgan fingerprint density at radius 1 is 1.24 bits per heavy atom. The highest BCUT2D eigenvalue weighted by Crippen LogP contribution is 2.20. The number of nitrogens with zero attached hydrogens (tertiary/aromatic N) is 3. The first-order chi connectivity index (χ1) is 12.1. The molecule has 1 N–H and O–H groups in total. The maximum Gasteiger partial charge on any atom is 0.286 e. The van der Waals surface area contributed by atoms with E-state index < -0.39 is 0 Å². The quantitative estimate of drug-likeness (QED) is 0.839. The molecule has 0 bridgehead atoms. The van der Waals surface area contributed by atoms with E-state index in [1.54, 1.807) is 0 Å². The Kier molecular flexibility index (Phi) is 6.04. The van der Waals surface area contributed by atoms with Crippen LogP contribution in [0.2, 0.25) is 0 Å². The number of hydrogen-bond donors (Lipinski definition) is 1. The molecule has 0 aliphatic carbocycles. The Labute approximate surface area is 155 Å². The molecule has 0 atom stereocenters. The van der Waals surface area contributed by atoms with Gasteiger partial charge in [-0.05, 0) is 31.4 Å². The van der Waals surface area contributed by atoms with Gasteiger partial charge in [-0.2, -0.15) is 0 Å². The lowest BCUT2D eigenvalue weighted by Crippen LogP contribution is -2.29. The van der Waals surface area contributed by atoms with Crippen LogP contribution in [0.5, 0.6) is 0 Å². The molecule has 2 amide bonds. The summed E-state index contributed by atoms with van der Waals surface area (Å²) in [4.78, 5) is 26.2. The summed E-state index contributed by atoms with van der Waals surface area (Å²) in [6.07, 6.45) is 2.21. The average Bonchev–Trinajstić information content (AvgIpc) is 3.28. The number of aryl methyl sites for hydroxylation is 1. The first-order valence-electron chi connectivity index (χ1n) is 8.18. The molecule has 25 heavy (non-hydrogen) atoms. The van der Waals surface area contributed by atoms with E-state index in [-0.39, 0.29) is 11.8 Å². The van der Waals surface area contributed by atoms with Crippen molar-refractivity contribution in [3.05, 3.63) is 39.8 Å². The van der Waals surface area contributed by atoms with Gasteiger partial charge in [0.1, 0.15) is 5.01 Å². The molecule has 1 aromatic heterocycles. The highest BCUT2D eigenvalue weighted by Gasteiger charge is 2.18. The zero-order valence-corrected chi connectivity index (χ0v) is 15.7. The van der Waals surface area contributed by atoms with Gasteiger partial charge >= 0.3 is 0 Å². The van der Waals surface area contributed by atoms with Crippen molar-refractivity contribution in [3.63, 3.8) is 0 Å². The fraction of sp³-hybridized carbons (Fsp3) is 0.412. The molecule has 0 saturated carbocycles. The average molecular weight is 377 g/mol. The number of carbonyl (C=O) groups excluding carboxylic acids is 2. The van der Waals surface area contributed by atoms with E-state index in [9.17, 15) is 9.59 Å². The van der Waals surface area contributed by atoms with Crippen molar-refractivity contribution >= 4 is 40.6 Å². The van der Waals surface area contributed by atoms with Crippen molar-refractivity contribution in [2.75, 3.05) is 24.2 Å². The van der Waals surface area contributed by atoms with Gasteiger partial charge in [0, 0.05) is 24.5 Å². The predicted octanol–water partition coefficient (Wildman–Crippen LogP) is 2.95. The van der Waals surface area contributed by atoms with Crippen LogP contribution in [0.15, 0.2) is 24.3 Å². The number of hydrogen-bond acceptors (Lipinski definition) is 6. The van der Waals surface area contributed by atoms with Crippen molar-refractivity contribution in [1.29, 1.82) is 0 Å². The van der Waals surface area contributed by atoms with Crippen LogP contribution in [0.1, 0.15) is 33.2 Å². The van der Waals surface area contributed by atoms with Gasteiger partial charge < -0.3 is 10.2 Å². The Morgan fingerprint density at radius 3 is 2.76 bits per heavy atom. The molecule has 1 fully saturated rings. The molecule has 3 rings (SSSR count). The number of benzene rings is 1. The summed E-state index contributed by atoms with van der Waals surface area (Å²) in [5, 5.41) is 12.0. The van der Waals surface area contributed by atoms with E-state index in [1.165, 1.54) is 23.1 Å². The van der Waals surface area contributed by atoms with Crippen molar-refractivity contribution in [3.8, 4) is 0 Å². The molecule has 1 aromatic carbocycles. The van der Waals surface area contributed by atoms with Crippen LogP contribution < -0.4 is 5.32 Å². The summed E-state index contributed by atoms with van der Waals surface area (Å²) >= 11 is 2.79. The standard InChI is InChI=1S/C17H20N4O2S2/c1-12-6-2-3-7-13(12)18-16(23)17-20-19-14(25-17)10-24-11-15(22)21-8-4-5-9-21/h2-3,6-7H,4-5,8-11H2,1H3,(H,18,23). The summed E-state index contributed by atoms with van der Waals surface area (Å²) in [5.74, 6) is 0.972. The number of rotatable bonds is 6. The fourth-order valence-corrected chi connectivity index (χ4v) is 4.28. The van der Waals surface area contributed by atoms with Crippen molar-refractivity contribution < 1.29 is 9.59 Å². The summed E-state index contributed by atoms with van der Waals surface area (Å²) in [7, 11) is 0. The van der Waals surface area contributed by atoms with Gasteiger partial charge in [-0.15, -0.1) is 22.0 Å². The number of aromatic nitrogens is 2. The van der Waals surface area contributed by atoms with Gasteiger partial charge in [0.15, 0.2) is 0 Å². The number of para-hydroxylation sites is 1. The van der Waals surface area contributed by atoms with Crippen molar-refractivity contribution in [1.82, 2.24) is 15.1 Å². The molecule has 132 valence electrons. The number of carbonyl (C=O) groups is 2. The molecular weight excluding hydrogens is 356 g/mol. The van der Waals surface area contributed by atoms with Crippen LogP contribution in [0.25, 0.3) is 0 Å². The zero-order chi connectivity index (χ0) is 17.6. The Morgan fingerprint density at radius 2 is 2.00 bits per heavy atom. The van der Waals surface area contributed by atoms with E-state index in [1.807, 2.05) is 36.1 Å². The normalized spacial score (nSPS) is 13.9. The summed E-state index contributed by atoms with van der Waals surface area (Å²) in [5.41, 5.74) is 1.77. The third-order valence-electron chi connectivity index (χ3n) is 3.96. The molecule has 0 unspecified atom stereocenters. The summed E-state index contributed by atoms with van der Waals surface area (Å²) in [6.45, 7) is 3.69.